The Bertz CT molecular complexity index is 470. The third-order valence-corrected chi connectivity index (χ3v) is 3.23. The van der Waals surface area contributed by atoms with Crippen molar-refractivity contribution >= 4 is 5.91 Å². The van der Waals surface area contributed by atoms with Crippen molar-refractivity contribution in [2.75, 3.05) is 13.2 Å². The molecule has 0 fully saturated rings. The number of hydrogen-bond donors (Lipinski definition) is 2. The average Bonchev–Trinajstić information content (AvgIpc) is 2.43. The zero-order valence-corrected chi connectivity index (χ0v) is 10.9. The fourth-order valence-electron chi connectivity index (χ4n) is 2.31. The van der Waals surface area contributed by atoms with Crippen LogP contribution in [-0.2, 0) is 11.2 Å². The molecule has 1 aromatic rings. The van der Waals surface area contributed by atoms with Crippen molar-refractivity contribution in [1.82, 2.24) is 5.32 Å². The standard InChI is InChI=1S/C15H19NO3/c1-2-9-16-15(18)10-19-14-8-4-5-11-12(14)6-3-7-13(11)17/h2,4-5,8,13,17H,1,3,6-7,9-10H2,(H,16,18). The molecule has 0 saturated carbocycles. The van der Waals surface area contributed by atoms with Crippen LogP contribution in [0.25, 0.3) is 0 Å². The Morgan fingerprint density at radius 3 is 3.21 bits per heavy atom. The summed E-state index contributed by atoms with van der Waals surface area (Å²) in [5.74, 6) is 0.527. The van der Waals surface area contributed by atoms with E-state index in [0.29, 0.717) is 12.3 Å². The first-order chi connectivity index (χ1) is 9.22. The highest BCUT2D eigenvalue weighted by atomic mass is 16.5. The van der Waals surface area contributed by atoms with Gasteiger partial charge < -0.3 is 15.2 Å². The Labute approximate surface area is 113 Å². The van der Waals surface area contributed by atoms with Gasteiger partial charge in [-0.05, 0) is 36.5 Å². The monoisotopic (exact) mass is 261 g/mol. The largest absolute Gasteiger partial charge is 0.483 e. The number of fused-ring (bicyclic) bond motifs is 1. The molecule has 4 heteroatoms. The van der Waals surface area contributed by atoms with Crippen LogP contribution in [0.3, 0.4) is 0 Å². The number of rotatable bonds is 5. The van der Waals surface area contributed by atoms with E-state index in [2.05, 4.69) is 11.9 Å². The summed E-state index contributed by atoms with van der Waals surface area (Å²) in [6.07, 6.45) is 3.82. The highest BCUT2D eigenvalue weighted by Gasteiger charge is 2.21. The Morgan fingerprint density at radius 2 is 2.42 bits per heavy atom. The van der Waals surface area contributed by atoms with Crippen LogP contribution >= 0.6 is 0 Å². The van der Waals surface area contributed by atoms with Gasteiger partial charge in [-0.2, -0.15) is 0 Å². The third-order valence-electron chi connectivity index (χ3n) is 3.23. The fourth-order valence-corrected chi connectivity index (χ4v) is 2.31. The van der Waals surface area contributed by atoms with E-state index >= 15 is 0 Å². The summed E-state index contributed by atoms with van der Waals surface area (Å²) in [7, 11) is 0. The van der Waals surface area contributed by atoms with Crippen molar-refractivity contribution in [1.29, 1.82) is 0 Å². The maximum absolute atomic E-state index is 11.5. The molecule has 0 saturated heterocycles. The first kappa shape index (κ1) is 13.6. The summed E-state index contributed by atoms with van der Waals surface area (Å²) in [5, 5.41) is 12.6. The van der Waals surface area contributed by atoms with Gasteiger partial charge in [-0.1, -0.05) is 18.2 Å². The molecule has 0 radical (unpaired) electrons. The number of amides is 1. The fraction of sp³-hybridized carbons (Fsp3) is 0.400. The molecule has 0 spiro atoms. The Hall–Kier alpha value is -1.81. The van der Waals surface area contributed by atoms with Gasteiger partial charge in [0.15, 0.2) is 6.61 Å². The second-order valence-electron chi connectivity index (χ2n) is 4.61. The minimum absolute atomic E-state index is 0.0135. The number of nitrogens with one attached hydrogen (secondary N) is 1. The molecule has 0 heterocycles. The van der Waals surface area contributed by atoms with Crippen LogP contribution in [0.4, 0.5) is 0 Å². The quantitative estimate of drug-likeness (QED) is 0.794. The maximum atomic E-state index is 11.5. The molecule has 2 N–H and O–H groups in total. The van der Waals surface area contributed by atoms with Crippen LogP contribution < -0.4 is 10.1 Å². The molecule has 0 aromatic heterocycles. The molecule has 1 aromatic carbocycles. The minimum Gasteiger partial charge on any atom is -0.483 e. The van der Waals surface area contributed by atoms with Gasteiger partial charge in [0.25, 0.3) is 5.91 Å². The maximum Gasteiger partial charge on any atom is 0.258 e. The van der Waals surface area contributed by atoms with E-state index in [0.717, 1.165) is 30.4 Å². The lowest BCUT2D eigenvalue weighted by Gasteiger charge is -2.23. The molecular formula is C15H19NO3. The molecule has 1 atom stereocenters. The SMILES string of the molecule is C=CCNC(=O)COc1cccc2c1CCCC2O. The van der Waals surface area contributed by atoms with Crippen molar-refractivity contribution in [2.45, 2.75) is 25.4 Å². The zero-order valence-electron chi connectivity index (χ0n) is 10.9. The molecule has 102 valence electrons. The van der Waals surface area contributed by atoms with Crippen molar-refractivity contribution in [3.8, 4) is 5.75 Å². The number of hydrogen-bond acceptors (Lipinski definition) is 3. The van der Waals surface area contributed by atoms with E-state index in [9.17, 15) is 9.90 Å². The van der Waals surface area contributed by atoms with Crippen molar-refractivity contribution in [2.24, 2.45) is 0 Å². The summed E-state index contributed by atoms with van der Waals surface area (Å²) in [5.41, 5.74) is 1.95. The second-order valence-corrected chi connectivity index (χ2v) is 4.61. The minimum atomic E-state index is -0.415. The Balaban J connectivity index is 2.03. The van der Waals surface area contributed by atoms with Gasteiger partial charge in [-0.3, -0.25) is 4.79 Å². The Morgan fingerprint density at radius 1 is 1.58 bits per heavy atom. The van der Waals surface area contributed by atoms with Crippen LogP contribution in [0.15, 0.2) is 30.9 Å². The molecule has 0 aliphatic heterocycles. The van der Waals surface area contributed by atoms with Crippen molar-refractivity contribution in [3.63, 3.8) is 0 Å². The molecule has 0 bridgehead atoms. The van der Waals surface area contributed by atoms with Crippen LogP contribution in [0.5, 0.6) is 5.75 Å². The lowest BCUT2D eigenvalue weighted by atomic mass is 9.89. The van der Waals surface area contributed by atoms with E-state index in [1.807, 2.05) is 18.2 Å². The highest BCUT2D eigenvalue weighted by molar-refractivity contribution is 5.77. The molecule has 4 nitrogen and oxygen atoms in total. The van der Waals surface area contributed by atoms with Gasteiger partial charge >= 0.3 is 0 Å². The molecule has 2 rings (SSSR count). The topological polar surface area (TPSA) is 58.6 Å². The van der Waals surface area contributed by atoms with Gasteiger partial charge in [-0.25, -0.2) is 0 Å². The number of aliphatic hydroxyl groups is 1. The number of carbonyl (C=O) groups is 1. The number of ether oxygens (including phenoxy) is 1. The normalized spacial score (nSPS) is 17.4. The lowest BCUT2D eigenvalue weighted by molar-refractivity contribution is -0.122. The summed E-state index contributed by atoms with van der Waals surface area (Å²) in [6, 6.07) is 5.62. The second kappa shape index (κ2) is 6.38. The Kier molecular flexibility index (Phi) is 4.58. The summed E-state index contributed by atoms with van der Waals surface area (Å²) in [6.45, 7) is 3.96. The van der Waals surface area contributed by atoms with E-state index in [1.54, 1.807) is 6.08 Å². The summed E-state index contributed by atoms with van der Waals surface area (Å²) >= 11 is 0. The van der Waals surface area contributed by atoms with Gasteiger partial charge in [0.05, 0.1) is 6.10 Å². The van der Waals surface area contributed by atoms with Crippen LogP contribution in [0.1, 0.15) is 30.1 Å². The van der Waals surface area contributed by atoms with Gasteiger partial charge in [0, 0.05) is 6.54 Å². The summed E-state index contributed by atoms with van der Waals surface area (Å²) in [4.78, 5) is 11.5. The van der Waals surface area contributed by atoms with E-state index in [1.165, 1.54) is 0 Å². The van der Waals surface area contributed by atoms with Gasteiger partial charge in [0.1, 0.15) is 5.75 Å². The first-order valence-corrected chi connectivity index (χ1v) is 6.52. The molecule has 1 unspecified atom stereocenters. The highest BCUT2D eigenvalue weighted by Crippen LogP contribution is 2.35. The van der Waals surface area contributed by atoms with E-state index in [-0.39, 0.29) is 12.5 Å². The van der Waals surface area contributed by atoms with E-state index < -0.39 is 6.10 Å². The smallest absolute Gasteiger partial charge is 0.258 e. The predicted octanol–water partition coefficient (Wildman–Crippen LogP) is 1.74. The average molecular weight is 261 g/mol. The number of aliphatic hydroxyl groups excluding tert-OH is 1. The molecule has 1 aliphatic carbocycles. The summed E-state index contributed by atoms with van der Waals surface area (Å²) < 4.78 is 5.55. The number of benzene rings is 1. The molecular weight excluding hydrogens is 242 g/mol. The predicted molar refractivity (Wildman–Crippen MR) is 73.0 cm³/mol. The first-order valence-electron chi connectivity index (χ1n) is 6.52. The molecule has 19 heavy (non-hydrogen) atoms. The number of carbonyl (C=O) groups excluding carboxylic acids is 1. The molecule has 1 aliphatic rings. The van der Waals surface area contributed by atoms with Crippen LogP contribution in [-0.4, -0.2) is 24.2 Å². The third kappa shape index (κ3) is 3.35. The van der Waals surface area contributed by atoms with Crippen LogP contribution in [0.2, 0.25) is 0 Å². The lowest BCUT2D eigenvalue weighted by Crippen LogP contribution is -2.29. The van der Waals surface area contributed by atoms with Gasteiger partial charge in [0.2, 0.25) is 0 Å². The van der Waals surface area contributed by atoms with E-state index in [4.69, 9.17) is 4.74 Å². The van der Waals surface area contributed by atoms with Crippen molar-refractivity contribution in [3.05, 3.63) is 42.0 Å². The van der Waals surface area contributed by atoms with Crippen molar-refractivity contribution < 1.29 is 14.6 Å². The molecule has 1 amide bonds. The van der Waals surface area contributed by atoms with Gasteiger partial charge in [-0.15, -0.1) is 6.58 Å². The van der Waals surface area contributed by atoms with Crippen LogP contribution in [0, 0.1) is 0 Å². The zero-order chi connectivity index (χ0) is 13.7.